The molecule has 6 nitrogen and oxygen atoms in total. The Bertz CT molecular complexity index is 654. The molecule has 2 aromatic rings. The van der Waals surface area contributed by atoms with Crippen molar-refractivity contribution < 1.29 is 4.92 Å². The fourth-order valence-corrected chi connectivity index (χ4v) is 2.39. The number of benzene rings is 2. The average Bonchev–Trinajstić information content (AvgIpc) is 2.42. The van der Waals surface area contributed by atoms with Crippen molar-refractivity contribution in [2.75, 3.05) is 0 Å². The molecule has 0 radical (unpaired) electrons. The van der Waals surface area contributed by atoms with Gasteiger partial charge in [-0.2, -0.15) is 0 Å². The van der Waals surface area contributed by atoms with E-state index in [4.69, 9.17) is 5.53 Å². The van der Waals surface area contributed by atoms with E-state index < -0.39 is 4.92 Å². The first kappa shape index (κ1) is 12.9. The van der Waals surface area contributed by atoms with Crippen LogP contribution in [0.4, 0.5) is 11.4 Å². The number of nitro groups is 1. The maximum absolute atomic E-state index is 11.0. The van der Waals surface area contributed by atoms with Gasteiger partial charge in [-0.15, -0.1) is 0 Å². The van der Waals surface area contributed by atoms with Crippen molar-refractivity contribution in [3.05, 3.63) is 69.1 Å². The molecule has 19 heavy (non-hydrogen) atoms. The van der Waals surface area contributed by atoms with Gasteiger partial charge >= 0.3 is 0 Å². The van der Waals surface area contributed by atoms with Gasteiger partial charge in [-0.25, -0.2) is 0 Å². The SMILES string of the molecule is [N-]=[N+]=Nc1ccc([35S]c2ccccc2)c([N+](=O)[O-])c1. The predicted molar refractivity (Wildman–Crippen MR) is 72.5 cm³/mol. The molecule has 0 fully saturated rings. The van der Waals surface area contributed by atoms with Gasteiger partial charge in [0.1, 0.15) is 0 Å². The van der Waals surface area contributed by atoms with E-state index >= 15 is 0 Å². The lowest BCUT2D eigenvalue weighted by atomic mass is 10.3. The van der Waals surface area contributed by atoms with Crippen molar-refractivity contribution in [2.45, 2.75) is 9.79 Å². The van der Waals surface area contributed by atoms with E-state index in [1.165, 1.54) is 17.8 Å². The normalized spacial score (nSPS) is 9.68. The van der Waals surface area contributed by atoms with Gasteiger partial charge in [-0.3, -0.25) is 10.1 Å². The zero-order valence-corrected chi connectivity index (χ0v) is 10.4. The summed E-state index contributed by atoms with van der Waals surface area (Å²) in [7, 11) is 0. The first-order valence-corrected chi connectivity index (χ1v) is 6.09. The third kappa shape index (κ3) is 3.25. The highest BCUT2D eigenvalue weighted by Crippen LogP contribution is 2.36. The van der Waals surface area contributed by atoms with Gasteiger partial charge in [0, 0.05) is 21.6 Å². The van der Waals surface area contributed by atoms with E-state index in [0.717, 1.165) is 4.90 Å². The van der Waals surface area contributed by atoms with Crippen LogP contribution in [0.1, 0.15) is 0 Å². The van der Waals surface area contributed by atoms with Crippen molar-refractivity contribution in [3.63, 3.8) is 0 Å². The molecule has 0 atom stereocenters. The van der Waals surface area contributed by atoms with Crippen molar-refractivity contribution >= 4 is 23.1 Å². The van der Waals surface area contributed by atoms with Gasteiger partial charge in [-0.1, -0.05) is 41.1 Å². The Morgan fingerprint density at radius 1 is 1.21 bits per heavy atom. The Morgan fingerprint density at radius 3 is 2.58 bits per heavy atom. The molecule has 2 aromatic carbocycles. The predicted octanol–water partition coefficient (Wildman–Crippen LogP) is 4.69. The van der Waals surface area contributed by atoms with Gasteiger partial charge in [0.15, 0.2) is 0 Å². The molecule has 0 saturated heterocycles. The number of azide groups is 1. The molecule has 0 bridgehead atoms. The van der Waals surface area contributed by atoms with Crippen LogP contribution in [0.2, 0.25) is 0 Å². The van der Waals surface area contributed by atoms with Gasteiger partial charge in [-0.05, 0) is 23.7 Å². The Hall–Kier alpha value is -2.50. The summed E-state index contributed by atoms with van der Waals surface area (Å²) in [5.74, 6) is 0. The lowest BCUT2D eigenvalue weighted by molar-refractivity contribution is -0.387. The fraction of sp³-hybridized carbons (Fsp3) is 0. The topological polar surface area (TPSA) is 91.9 Å². The summed E-state index contributed by atoms with van der Waals surface area (Å²) < 4.78 is 0. The van der Waals surface area contributed by atoms with Gasteiger partial charge in [0.25, 0.3) is 5.69 Å². The van der Waals surface area contributed by atoms with Crippen LogP contribution in [0.5, 0.6) is 0 Å². The summed E-state index contributed by atoms with van der Waals surface area (Å²) in [6.07, 6.45) is 0. The number of nitro benzene ring substituents is 1. The zero-order chi connectivity index (χ0) is 13.7. The quantitative estimate of drug-likeness (QED) is 0.266. The second-order valence-corrected chi connectivity index (χ2v) is 4.63. The Labute approximate surface area is 112 Å². The average molecular weight is 275 g/mol. The van der Waals surface area contributed by atoms with Gasteiger partial charge in [0.05, 0.1) is 9.82 Å². The molecule has 2 rings (SSSR count). The summed E-state index contributed by atoms with van der Waals surface area (Å²) in [5.41, 5.74) is 8.49. The van der Waals surface area contributed by atoms with Crippen LogP contribution < -0.4 is 0 Å². The number of hydrogen-bond donors (Lipinski definition) is 0. The molecule has 0 aromatic heterocycles. The van der Waals surface area contributed by atoms with Crippen LogP contribution >= 0.6 is 11.8 Å². The number of nitrogens with zero attached hydrogens (tertiary/aromatic N) is 4. The number of hydrogen-bond acceptors (Lipinski definition) is 4. The first-order valence-electron chi connectivity index (χ1n) is 5.27. The summed E-state index contributed by atoms with van der Waals surface area (Å²) in [6, 6.07) is 13.8. The highest BCUT2D eigenvalue weighted by atomic mass is 35.1. The maximum Gasteiger partial charge on any atom is 0.283 e. The van der Waals surface area contributed by atoms with E-state index in [-0.39, 0.29) is 11.4 Å². The molecule has 7 heteroatoms. The highest BCUT2D eigenvalue weighted by molar-refractivity contribution is 7.99. The molecular weight excluding hydrogens is 267 g/mol. The molecule has 0 aliphatic carbocycles. The monoisotopic (exact) mass is 275 g/mol. The van der Waals surface area contributed by atoms with E-state index in [0.29, 0.717) is 4.90 Å². The molecule has 0 N–H and O–H groups in total. The first-order chi connectivity index (χ1) is 9.20. The molecule has 0 aliphatic heterocycles. The molecule has 0 aliphatic rings. The largest absolute Gasteiger partial charge is 0.283 e. The van der Waals surface area contributed by atoms with Crippen LogP contribution in [0.3, 0.4) is 0 Å². The third-order valence-corrected chi connectivity index (χ3v) is 3.34. The standard InChI is InChI=1S/C12H8N4O2S/c13-15-14-9-6-7-12(11(8-9)16(17)18)19-10-4-2-1-3-5-10/h1-8H/i19+3. The lowest BCUT2D eigenvalue weighted by Crippen LogP contribution is -1.90. The molecule has 0 heterocycles. The van der Waals surface area contributed by atoms with E-state index in [9.17, 15) is 10.1 Å². The molecule has 0 amide bonds. The molecule has 94 valence electrons. The highest BCUT2D eigenvalue weighted by Gasteiger charge is 2.15. The minimum Gasteiger partial charge on any atom is -0.258 e. The van der Waals surface area contributed by atoms with Crippen LogP contribution in [-0.4, -0.2) is 4.92 Å². The van der Waals surface area contributed by atoms with E-state index in [2.05, 4.69) is 10.0 Å². The van der Waals surface area contributed by atoms with Crippen LogP contribution in [0, 0.1) is 10.1 Å². The van der Waals surface area contributed by atoms with Crippen LogP contribution in [0.25, 0.3) is 10.4 Å². The lowest BCUT2D eigenvalue weighted by Gasteiger charge is -2.03. The van der Waals surface area contributed by atoms with Crippen LogP contribution in [0.15, 0.2) is 63.4 Å². The zero-order valence-electron chi connectivity index (χ0n) is 9.63. The van der Waals surface area contributed by atoms with Crippen molar-refractivity contribution in [3.8, 4) is 0 Å². The van der Waals surface area contributed by atoms with Crippen molar-refractivity contribution in [1.82, 2.24) is 0 Å². The minimum atomic E-state index is -0.484. The maximum atomic E-state index is 11.0. The third-order valence-electron chi connectivity index (χ3n) is 2.27. The van der Waals surface area contributed by atoms with Crippen molar-refractivity contribution in [1.29, 1.82) is 0 Å². The minimum absolute atomic E-state index is 0.0706. The fourth-order valence-electron chi connectivity index (χ4n) is 1.46. The summed E-state index contributed by atoms with van der Waals surface area (Å²) in [6.45, 7) is 0. The second-order valence-electron chi connectivity index (χ2n) is 3.51. The van der Waals surface area contributed by atoms with E-state index in [1.807, 2.05) is 30.3 Å². The molecule has 0 unspecified atom stereocenters. The van der Waals surface area contributed by atoms with Gasteiger partial charge < -0.3 is 0 Å². The molecular formula is C12H8N4O2S. The van der Waals surface area contributed by atoms with Gasteiger partial charge in [0.2, 0.25) is 0 Å². The Morgan fingerprint density at radius 2 is 1.95 bits per heavy atom. The second kappa shape index (κ2) is 5.90. The summed E-state index contributed by atoms with van der Waals surface area (Å²) >= 11 is 1.29. The molecule has 0 saturated carbocycles. The smallest absolute Gasteiger partial charge is 0.258 e. The molecule has 0 spiro atoms. The number of rotatable bonds is 4. The summed E-state index contributed by atoms with van der Waals surface area (Å²) in [5, 5.41) is 14.4. The van der Waals surface area contributed by atoms with Crippen LogP contribution in [-0.2, 0) is 0 Å². The Kier molecular flexibility index (Phi) is 4.02. The van der Waals surface area contributed by atoms with E-state index in [1.54, 1.807) is 12.1 Å². The Balaban J connectivity index is 2.40. The summed E-state index contributed by atoms with van der Waals surface area (Å²) in [4.78, 5) is 14.6. The van der Waals surface area contributed by atoms with Crippen molar-refractivity contribution in [2.24, 2.45) is 5.11 Å².